The highest BCUT2D eigenvalue weighted by Gasteiger charge is 2.24. The molecule has 0 radical (unpaired) electrons. The van der Waals surface area contributed by atoms with E-state index >= 15 is 0 Å². The van der Waals surface area contributed by atoms with E-state index in [0.717, 1.165) is 85.7 Å². The third-order valence-corrected chi connectivity index (χ3v) is 9.17. The summed E-state index contributed by atoms with van der Waals surface area (Å²) in [5.74, 6) is -0.770. The van der Waals surface area contributed by atoms with Gasteiger partial charge in [0.25, 0.3) is 11.8 Å². The summed E-state index contributed by atoms with van der Waals surface area (Å²) in [6, 6.07) is 13.2. The van der Waals surface area contributed by atoms with Crippen LogP contribution in [0.2, 0.25) is 0 Å². The van der Waals surface area contributed by atoms with Crippen molar-refractivity contribution in [1.29, 1.82) is 0 Å². The number of rotatable bonds is 10. The summed E-state index contributed by atoms with van der Waals surface area (Å²) >= 11 is 0. The Balaban J connectivity index is 0.942. The molecule has 1 aromatic carbocycles. The van der Waals surface area contributed by atoms with Crippen molar-refractivity contribution in [3.63, 3.8) is 0 Å². The van der Waals surface area contributed by atoms with Gasteiger partial charge in [0.05, 0.1) is 18.6 Å². The molecule has 3 aliphatic rings. The van der Waals surface area contributed by atoms with Crippen LogP contribution in [0.3, 0.4) is 0 Å². The smallest absolute Gasteiger partial charge is 0.279 e. The van der Waals surface area contributed by atoms with Crippen molar-refractivity contribution < 1.29 is 18.7 Å². The van der Waals surface area contributed by atoms with Crippen LogP contribution in [0.4, 0.5) is 15.9 Å². The first-order valence-corrected chi connectivity index (χ1v) is 16.6. The Morgan fingerprint density at radius 3 is 2.58 bits per heavy atom. The van der Waals surface area contributed by atoms with E-state index in [1.54, 1.807) is 18.6 Å². The molecule has 3 N–H and O–H groups in total. The molecule has 0 spiro atoms. The number of anilines is 2. The fraction of sp³-hybridized carbons (Fsp3) is 0.400. The van der Waals surface area contributed by atoms with E-state index in [2.05, 4.69) is 51.3 Å². The normalized spacial score (nSPS) is 19.2. The zero-order valence-corrected chi connectivity index (χ0v) is 26.8. The molecule has 48 heavy (non-hydrogen) atoms. The largest absolute Gasteiger partial charge is 0.378 e. The van der Waals surface area contributed by atoms with Gasteiger partial charge in [0.15, 0.2) is 5.83 Å². The fourth-order valence-corrected chi connectivity index (χ4v) is 6.43. The Kier molecular flexibility index (Phi) is 9.68. The number of fused-ring (bicyclic) bond motifs is 1. The second-order valence-electron chi connectivity index (χ2n) is 12.6. The maximum Gasteiger partial charge on any atom is 0.279 e. The second kappa shape index (κ2) is 14.6. The standard InChI is InChI=1S/C35H40FN9O3/c36-29(9-14-43-12-2-13-43)34(46)41-27-3-1-11-44(22-27)21-24-8-10-37-31(19-24)35(47)40-26-6-4-25(5-7-26)30-20-28-32(42-30)38-23-39-33(28)45-15-17-48-18-16-45/h4-10,19-20,23,27H,1-3,11-18,21-22H2,(H,40,47)(H,41,46)(H,38,39,42)/b29-9+/t27-/m0/s1. The fourth-order valence-electron chi connectivity index (χ4n) is 6.43. The molecular formula is C35H40FN9O3. The lowest BCUT2D eigenvalue weighted by atomic mass is 10.0. The van der Waals surface area contributed by atoms with Crippen LogP contribution in [0.25, 0.3) is 22.3 Å². The number of carbonyl (C=O) groups excluding carboxylic acids is 2. The first kappa shape index (κ1) is 31.9. The van der Waals surface area contributed by atoms with Crippen molar-refractivity contribution in [3.8, 4) is 11.3 Å². The average molecular weight is 654 g/mol. The number of ether oxygens (including phenoxy) is 1. The number of nitrogens with zero attached hydrogens (tertiary/aromatic N) is 6. The number of aromatic amines is 1. The van der Waals surface area contributed by atoms with Crippen LogP contribution in [0.5, 0.6) is 0 Å². The molecule has 0 unspecified atom stereocenters. The van der Waals surface area contributed by atoms with Gasteiger partial charge in [-0.3, -0.25) is 24.4 Å². The molecule has 7 rings (SSSR count). The highest BCUT2D eigenvalue weighted by Crippen LogP contribution is 2.30. The lowest BCUT2D eigenvalue weighted by molar-refractivity contribution is -0.120. The molecule has 13 heteroatoms. The highest BCUT2D eigenvalue weighted by atomic mass is 19.1. The van der Waals surface area contributed by atoms with Crippen LogP contribution < -0.4 is 15.5 Å². The van der Waals surface area contributed by atoms with Gasteiger partial charge < -0.3 is 25.3 Å². The van der Waals surface area contributed by atoms with Gasteiger partial charge in [-0.1, -0.05) is 12.1 Å². The summed E-state index contributed by atoms with van der Waals surface area (Å²) in [7, 11) is 0. The Morgan fingerprint density at radius 2 is 1.79 bits per heavy atom. The molecule has 0 saturated carbocycles. The van der Waals surface area contributed by atoms with Crippen molar-refractivity contribution >= 4 is 34.4 Å². The van der Waals surface area contributed by atoms with Crippen LogP contribution in [0, 0.1) is 0 Å². The maximum atomic E-state index is 14.4. The van der Waals surface area contributed by atoms with Crippen molar-refractivity contribution in [2.45, 2.75) is 31.8 Å². The number of aromatic nitrogens is 4. The topological polar surface area (TPSA) is 132 Å². The highest BCUT2D eigenvalue weighted by molar-refractivity contribution is 6.03. The number of halogens is 1. The Labute approximate surface area is 278 Å². The van der Waals surface area contributed by atoms with Crippen LogP contribution in [0.1, 0.15) is 35.3 Å². The first-order chi connectivity index (χ1) is 23.5. The molecule has 4 aromatic rings. The maximum absolute atomic E-state index is 14.4. The number of carbonyl (C=O) groups is 2. The van der Waals surface area contributed by atoms with Gasteiger partial charge in [0.1, 0.15) is 23.5 Å². The summed E-state index contributed by atoms with van der Waals surface area (Å²) in [5.41, 5.74) is 4.56. The number of pyridine rings is 1. The van der Waals surface area contributed by atoms with Crippen LogP contribution in [-0.2, 0) is 16.1 Å². The molecule has 3 aromatic heterocycles. The van der Waals surface area contributed by atoms with E-state index < -0.39 is 11.7 Å². The summed E-state index contributed by atoms with van der Waals surface area (Å²) in [5, 5.41) is 6.77. The van der Waals surface area contributed by atoms with Crippen LogP contribution in [0.15, 0.2) is 66.9 Å². The zero-order valence-electron chi connectivity index (χ0n) is 26.8. The van der Waals surface area contributed by atoms with E-state index in [0.29, 0.717) is 44.2 Å². The monoisotopic (exact) mass is 653 g/mol. The Morgan fingerprint density at radius 1 is 0.979 bits per heavy atom. The van der Waals surface area contributed by atoms with Crippen LogP contribution in [-0.4, -0.2) is 107 Å². The minimum absolute atomic E-state index is 0.133. The minimum Gasteiger partial charge on any atom is -0.378 e. The molecule has 6 heterocycles. The van der Waals surface area contributed by atoms with Gasteiger partial charge in [-0.05, 0) is 86.4 Å². The van der Waals surface area contributed by atoms with E-state index in [9.17, 15) is 14.0 Å². The molecule has 0 aliphatic carbocycles. The molecule has 3 fully saturated rings. The quantitative estimate of drug-likeness (QED) is 0.219. The predicted molar refractivity (Wildman–Crippen MR) is 181 cm³/mol. The molecule has 3 aliphatic heterocycles. The number of benzene rings is 1. The van der Waals surface area contributed by atoms with E-state index in [4.69, 9.17) is 4.74 Å². The summed E-state index contributed by atoms with van der Waals surface area (Å²) in [4.78, 5) is 48.8. The summed E-state index contributed by atoms with van der Waals surface area (Å²) < 4.78 is 19.8. The molecule has 250 valence electrons. The molecule has 1 atom stereocenters. The number of hydrogen-bond donors (Lipinski definition) is 3. The van der Waals surface area contributed by atoms with Gasteiger partial charge in [-0.2, -0.15) is 0 Å². The SMILES string of the molecule is O=C(N[C@H]1CCCN(Cc2ccnc(C(=O)Nc3ccc(-c4cc5c(N6CCOCC6)ncnc5[nH]4)cc3)c2)C1)/C(F)=C\CN1CCC1. The van der Waals surface area contributed by atoms with Gasteiger partial charge in [-0.25, -0.2) is 14.4 Å². The zero-order chi connectivity index (χ0) is 32.9. The van der Waals surface area contributed by atoms with Crippen LogP contribution >= 0.6 is 0 Å². The van der Waals surface area contributed by atoms with Gasteiger partial charge in [0.2, 0.25) is 0 Å². The predicted octanol–water partition coefficient (Wildman–Crippen LogP) is 3.75. The lowest BCUT2D eigenvalue weighted by Crippen LogP contribution is -2.47. The number of piperidine rings is 1. The lowest BCUT2D eigenvalue weighted by Gasteiger charge is -2.33. The molecule has 0 bridgehead atoms. The van der Waals surface area contributed by atoms with E-state index in [1.165, 1.54) is 6.08 Å². The van der Waals surface area contributed by atoms with Crippen molar-refractivity contribution in [3.05, 3.63) is 78.1 Å². The third-order valence-electron chi connectivity index (χ3n) is 9.17. The summed E-state index contributed by atoms with van der Waals surface area (Å²) in [6.07, 6.45) is 7.40. The van der Waals surface area contributed by atoms with Crippen molar-refractivity contribution in [2.24, 2.45) is 0 Å². The number of likely N-dealkylation sites (tertiary alicyclic amines) is 2. The summed E-state index contributed by atoms with van der Waals surface area (Å²) in [6.45, 7) is 7.37. The van der Waals surface area contributed by atoms with Gasteiger partial charge in [0, 0.05) is 56.3 Å². The first-order valence-electron chi connectivity index (χ1n) is 16.6. The molecular weight excluding hydrogens is 613 g/mol. The van der Waals surface area contributed by atoms with E-state index in [1.807, 2.05) is 30.3 Å². The third kappa shape index (κ3) is 7.53. The number of morpholine rings is 1. The Bertz CT molecular complexity index is 1780. The second-order valence-corrected chi connectivity index (χ2v) is 12.6. The van der Waals surface area contributed by atoms with Crippen molar-refractivity contribution in [1.82, 2.24) is 35.1 Å². The van der Waals surface area contributed by atoms with Gasteiger partial charge >= 0.3 is 0 Å². The van der Waals surface area contributed by atoms with Crippen molar-refractivity contribution in [2.75, 3.05) is 69.2 Å². The number of H-pyrrole nitrogens is 1. The molecule has 3 saturated heterocycles. The Hall–Kier alpha value is -4.72. The number of nitrogens with one attached hydrogen (secondary N) is 3. The molecule has 12 nitrogen and oxygen atoms in total. The average Bonchev–Trinajstić information content (AvgIpc) is 3.53. The minimum atomic E-state index is -0.718. The van der Waals surface area contributed by atoms with Gasteiger partial charge in [-0.15, -0.1) is 0 Å². The number of hydrogen-bond acceptors (Lipinski definition) is 9. The number of amides is 2. The van der Waals surface area contributed by atoms with E-state index in [-0.39, 0.29) is 11.9 Å². The molecule has 2 amide bonds.